The average Bonchev–Trinajstić information content (AvgIpc) is 3.59. The van der Waals surface area contributed by atoms with Crippen molar-refractivity contribution in [3.63, 3.8) is 0 Å². The molecule has 4 aromatic heterocycles. The molecule has 0 unspecified atom stereocenters. The summed E-state index contributed by atoms with van der Waals surface area (Å²) in [6.07, 6.45) is 4.77. The number of pyridine rings is 1. The van der Waals surface area contributed by atoms with Crippen LogP contribution in [0.1, 0.15) is 26.5 Å². The van der Waals surface area contributed by atoms with Gasteiger partial charge in [0.1, 0.15) is 12.0 Å². The SMILES string of the molecule is Nc1c(-c2cccn(Cc3ccc(Cl)cc3)c2=O)nn(C(=O)c2ccoc2)c1Cc1ccc(Cl)s1. The second-order valence-corrected chi connectivity index (χ2v) is 10.0. The van der Waals surface area contributed by atoms with E-state index in [1.807, 2.05) is 18.2 Å². The maximum absolute atomic E-state index is 13.4. The topological polar surface area (TPSA) is 96.0 Å². The van der Waals surface area contributed by atoms with E-state index in [-0.39, 0.29) is 16.9 Å². The van der Waals surface area contributed by atoms with Crippen molar-refractivity contribution in [3.05, 3.63) is 115 Å². The first kappa shape index (κ1) is 23.2. The fraction of sp³-hybridized carbons (Fsp3) is 0.0800. The van der Waals surface area contributed by atoms with E-state index in [9.17, 15) is 9.59 Å². The molecule has 0 amide bonds. The number of nitrogen functional groups attached to an aromatic ring is 1. The number of anilines is 1. The van der Waals surface area contributed by atoms with Gasteiger partial charge in [-0.25, -0.2) is 0 Å². The zero-order valence-corrected chi connectivity index (χ0v) is 20.5. The summed E-state index contributed by atoms with van der Waals surface area (Å²) < 4.78 is 8.49. The molecule has 5 rings (SSSR count). The molecule has 0 aliphatic heterocycles. The highest BCUT2D eigenvalue weighted by Gasteiger charge is 2.25. The second-order valence-electron chi connectivity index (χ2n) is 7.80. The van der Waals surface area contributed by atoms with Crippen LogP contribution in [0.25, 0.3) is 11.3 Å². The van der Waals surface area contributed by atoms with Gasteiger partial charge < -0.3 is 14.7 Å². The van der Waals surface area contributed by atoms with Crippen LogP contribution in [-0.2, 0) is 13.0 Å². The number of hydrogen-bond donors (Lipinski definition) is 1. The summed E-state index contributed by atoms with van der Waals surface area (Å²) in [5.41, 5.74) is 8.74. The summed E-state index contributed by atoms with van der Waals surface area (Å²) in [6.45, 7) is 0.346. The maximum Gasteiger partial charge on any atom is 0.281 e. The molecule has 5 aromatic rings. The van der Waals surface area contributed by atoms with Crippen molar-refractivity contribution in [2.75, 3.05) is 5.73 Å². The van der Waals surface area contributed by atoms with E-state index in [1.54, 1.807) is 47.2 Å². The van der Waals surface area contributed by atoms with Gasteiger partial charge in [0.2, 0.25) is 0 Å². The van der Waals surface area contributed by atoms with Gasteiger partial charge in [-0.15, -0.1) is 11.3 Å². The Morgan fingerprint density at radius 3 is 2.57 bits per heavy atom. The standard InChI is InChI=1S/C25H18Cl2N4O3S/c26-17-5-3-15(4-6-17)13-30-10-1-2-19(25(30)33)23-22(28)20(12-18-7-8-21(27)35-18)31(29-23)24(32)16-9-11-34-14-16/h1-11,14H,12-13,28H2. The number of thiophene rings is 1. The minimum atomic E-state index is -0.410. The lowest BCUT2D eigenvalue weighted by Crippen LogP contribution is -2.22. The van der Waals surface area contributed by atoms with Crippen molar-refractivity contribution in [2.45, 2.75) is 13.0 Å². The largest absolute Gasteiger partial charge is 0.472 e. The lowest BCUT2D eigenvalue weighted by Gasteiger charge is -2.08. The maximum atomic E-state index is 13.4. The third-order valence-electron chi connectivity index (χ3n) is 5.49. The number of nitrogens with zero attached hydrogens (tertiary/aromatic N) is 3. The van der Waals surface area contributed by atoms with Crippen LogP contribution in [0.3, 0.4) is 0 Å². The number of benzene rings is 1. The first-order valence-corrected chi connectivity index (χ1v) is 12.1. The Labute approximate surface area is 213 Å². The smallest absolute Gasteiger partial charge is 0.281 e. The molecule has 0 saturated carbocycles. The van der Waals surface area contributed by atoms with E-state index in [0.717, 1.165) is 10.4 Å². The van der Waals surface area contributed by atoms with Crippen LogP contribution in [0.4, 0.5) is 5.69 Å². The minimum Gasteiger partial charge on any atom is -0.472 e. The van der Waals surface area contributed by atoms with E-state index in [4.69, 9.17) is 33.4 Å². The fourth-order valence-electron chi connectivity index (χ4n) is 3.75. The highest BCUT2D eigenvalue weighted by molar-refractivity contribution is 7.16. The van der Waals surface area contributed by atoms with Crippen molar-refractivity contribution in [1.29, 1.82) is 0 Å². The molecule has 10 heteroatoms. The molecule has 0 atom stereocenters. The number of carbonyl (C=O) groups is 1. The second kappa shape index (κ2) is 9.58. The van der Waals surface area contributed by atoms with Crippen LogP contribution in [0.15, 0.2) is 82.5 Å². The van der Waals surface area contributed by atoms with Crippen molar-refractivity contribution in [3.8, 4) is 11.3 Å². The van der Waals surface area contributed by atoms with Gasteiger partial charge in [0.15, 0.2) is 0 Å². The third-order valence-corrected chi connectivity index (χ3v) is 6.98. The number of carbonyl (C=O) groups excluding carboxylic acids is 1. The zero-order chi connectivity index (χ0) is 24.5. The van der Waals surface area contributed by atoms with Crippen molar-refractivity contribution in [1.82, 2.24) is 14.3 Å². The van der Waals surface area contributed by atoms with Crippen molar-refractivity contribution in [2.24, 2.45) is 0 Å². The van der Waals surface area contributed by atoms with Crippen molar-refractivity contribution < 1.29 is 9.21 Å². The molecule has 0 saturated heterocycles. The molecule has 0 bridgehead atoms. The number of rotatable bonds is 6. The van der Waals surface area contributed by atoms with E-state index in [1.165, 1.54) is 28.5 Å². The van der Waals surface area contributed by atoms with E-state index < -0.39 is 5.91 Å². The Hall–Kier alpha value is -3.59. The quantitative estimate of drug-likeness (QED) is 0.312. The fourth-order valence-corrected chi connectivity index (χ4v) is 4.97. The van der Waals surface area contributed by atoms with Gasteiger partial charge in [-0.3, -0.25) is 9.59 Å². The number of furan rings is 1. The van der Waals surface area contributed by atoms with Gasteiger partial charge in [-0.2, -0.15) is 9.78 Å². The molecule has 4 heterocycles. The van der Waals surface area contributed by atoms with E-state index in [0.29, 0.717) is 39.1 Å². The Morgan fingerprint density at radius 1 is 1.09 bits per heavy atom. The molecule has 176 valence electrons. The monoisotopic (exact) mass is 524 g/mol. The zero-order valence-electron chi connectivity index (χ0n) is 18.2. The first-order valence-electron chi connectivity index (χ1n) is 10.5. The third kappa shape index (κ3) is 4.68. The highest BCUT2D eigenvalue weighted by Crippen LogP contribution is 2.31. The summed E-state index contributed by atoms with van der Waals surface area (Å²) >= 11 is 13.5. The first-order chi connectivity index (χ1) is 16.9. The molecule has 0 radical (unpaired) electrons. The summed E-state index contributed by atoms with van der Waals surface area (Å²) in [5, 5.41) is 5.12. The van der Waals surface area contributed by atoms with Crippen LogP contribution >= 0.6 is 34.5 Å². The molecular weight excluding hydrogens is 507 g/mol. The van der Waals surface area contributed by atoms with Crippen LogP contribution < -0.4 is 11.3 Å². The molecule has 0 aliphatic carbocycles. The lowest BCUT2D eigenvalue weighted by atomic mass is 10.1. The van der Waals surface area contributed by atoms with Gasteiger partial charge in [-0.05, 0) is 48.0 Å². The number of halogens is 2. The van der Waals surface area contributed by atoms with Gasteiger partial charge >= 0.3 is 0 Å². The molecule has 2 N–H and O–H groups in total. The molecular formula is C25H18Cl2N4O3S. The summed E-state index contributed by atoms with van der Waals surface area (Å²) in [5.74, 6) is -0.410. The molecule has 35 heavy (non-hydrogen) atoms. The Balaban J connectivity index is 1.59. The molecule has 7 nitrogen and oxygen atoms in total. The van der Waals surface area contributed by atoms with E-state index in [2.05, 4.69) is 5.10 Å². The lowest BCUT2D eigenvalue weighted by molar-refractivity contribution is 0.0941. The van der Waals surface area contributed by atoms with Crippen LogP contribution in [0.2, 0.25) is 9.36 Å². The van der Waals surface area contributed by atoms with Crippen LogP contribution in [0.5, 0.6) is 0 Å². The molecule has 0 spiro atoms. The Morgan fingerprint density at radius 2 is 1.89 bits per heavy atom. The highest BCUT2D eigenvalue weighted by atomic mass is 35.5. The molecule has 0 aliphatic rings. The predicted molar refractivity (Wildman–Crippen MR) is 137 cm³/mol. The van der Waals surface area contributed by atoms with Gasteiger partial charge in [0.05, 0.1) is 39.7 Å². The van der Waals surface area contributed by atoms with Crippen LogP contribution in [-0.4, -0.2) is 20.3 Å². The summed E-state index contributed by atoms with van der Waals surface area (Å²) in [4.78, 5) is 27.5. The summed E-state index contributed by atoms with van der Waals surface area (Å²) in [7, 11) is 0. The number of aromatic nitrogens is 3. The molecule has 0 fully saturated rings. The van der Waals surface area contributed by atoms with Gasteiger partial charge in [0, 0.05) is 22.5 Å². The number of nitrogens with two attached hydrogens (primary N) is 1. The van der Waals surface area contributed by atoms with Gasteiger partial charge in [0.25, 0.3) is 11.5 Å². The van der Waals surface area contributed by atoms with Crippen molar-refractivity contribution >= 4 is 46.1 Å². The number of hydrogen-bond acceptors (Lipinski definition) is 6. The average molecular weight is 525 g/mol. The molecule has 1 aromatic carbocycles. The Kier molecular flexibility index (Phi) is 6.34. The predicted octanol–water partition coefficient (Wildman–Crippen LogP) is 5.58. The summed E-state index contributed by atoms with van der Waals surface area (Å²) in [6, 6.07) is 15.9. The van der Waals surface area contributed by atoms with Crippen LogP contribution in [0, 0.1) is 0 Å². The van der Waals surface area contributed by atoms with E-state index >= 15 is 0 Å². The normalized spacial score (nSPS) is 11.1. The minimum absolute atomic E-state index is 0.245. The Bertz CT molecular complexity index is 1570. The van der Waals surface area contributed by atoms with Gasteiger partial charge in [-0.1, -0.05) is 35.3 Å².